The van der Waals surface area contributed by atoms with Gasteiger partial charge in [-0.05, 0) is 39.2 Å². The third-order valence-corrected chi connectivity index (χ3v) is 5.42. The second kappa shape index (κ2) is 10.4. The Kier molecular flexibility index (Phi) is 9.25. The zero-order chi connectivity index (χ0) is 18.0. The van der Waals surface area contributed by atoms with Crippen LogP contribution in [0.3, 0.4) is 0 Å². The molecule has 2 aliphatic heterocycles. The molecule has 2 aliphatic rings. The molecule has 1 aromatic rings. The van der Waals surface area contributed by atoms with Crippen LogP contribution in [-0.4, -0.2) is 59.5 Å². The fraction of sp³-hybridized carbons (Fsp3) is 0.737. The van der Waals surface area contributed by atoms with Gasteiger partial charge in [0.1, 0.15) is 11.6 Å². The molecule has 3 heterocycles. The van der Waals surface area contributed by atoms with Crippen molar-refractivity contribution in [2.24, 2.45) is 0 Å². The van der Waals surface area contributed by atoms with E-state index in [0.717, 1.165) is 62.7 Å². The van der Waals surface area contributed by atoms with Crippen molar-refractivity contribution in [3.8, 4) is 0 Å². The van der Waals surface area contributed by atoms with Crippen LogP contribution >= 0.6 is 24.8 Å². The van der Waals surface area contributed by atoms with E-state index in [1.807, 2.05) is 18.9 Å². The molecule has 27 heavy (non-hydrogen) atoms. The molecule has 2 saturated heterocycles. The second-order valence-corrected chi connectivity index (χ2v) is 7.70. The molecule has 0 bridgehead atoms. The summed E-state index contributed by atoms with van der Waals surface area (Å²) in [4.78, 5) is 26.2. The first kappa shape index (κ1) is 23.9. The molecular weight excluding hydrogens is 385 g/mol. The maximum absolute atomic E-state index is 12.6. The molecule has 2 fully saturated rings. The molecule has 0 radical (unpaired) electrons. The monoisotopic (exact) mass is 417 g/mol. The summed E-state index contributed by atoms with van der Waals surface area (Å²) in [5.74, 6) is 2.53. The first-order chi connectivity index (χ1) is 12.0. The number of carbonyl (C=O) groups is 1. The van der Waals surface area contributed by atoms with Crippen molar-refractivity contribution in [1.29, 1.82) is 0 Å². The average molecular weight is 418 g/mol. The molecule has 0 unspecified atom stereocenters. The van der Waals surface area contributed by atoms with Crippen LogP contribution in [0.1, 0.15) is 57.0 Å². The second-order valence-electron chi connectivity index (χ2n) is 7.70. The zero-order valence-corrected chi connectivity index (χ0v) is 18.4. The van der Waals surface area contributed by atoms with Gasteiger partial charge in [-0.25, -0.2) is 9.97 Å². The van der Waals surface area contributed by atoms with Crippen LogP contribution in [0.25, 0.3) is 0 Å². The summed E-state index contributed by atoms with van der Waals surface area (Å²) in [6.07, 6.45) is 4.07. The van der Waals surface area contributed by atoms with Gasteiger partial charge in [-0.2, -0.15) is 0 Å². The number of amides is 1. The predicted octanol–water partition coefficient (Wildman–Crippen LogP) is 2.93. The number of halogens is 2. The van der Waals surface area contributed by atoms with Crippen LogP contribution in [0, 0.1) is 6.92 Å². The normalized spacial score (nSPS) is 20.2. The van der Waals surface area contributed by atoms with Crippen LogP contribution in [0.5, 0.6) is 0 Å². The highest BCUT2D eigenvalue weighted by Gasteiger charge is 2.31. The molecule has 0 spiro atoms. The molecule has 6 nitrogen and oxygen atoms in total. The van der Waals surface area contributed by atoms with Crippen molar-refractivity contribution in [2.75, 3.05) is 31.6 Å². The van der Waals surface area contributed by atoms with Gasteiger partial charge < -0.3 is 15.1 Å². The van der Waals surface area contributed by atoms with E-state index in [1.54, 1.807) is 0 Å². The average Bonchev–Trinajstić information content (AvgIpc) is 3.14. The van der Waals surface area contributed by atoms with Gasteiger partial charge in [-0.15, -0.1) is 24.8 Å². The van der Waals surface area contributed by atoms with Gasteiger partial charge in [-0.1, -0.05) is 13.8 Å². The molecule has 0 saturated carbocycles. The summed E-state index contributed by atoms with van der Waals surface area (Å²) in [5.41, 5.74) is 1.02. The van der Waals surface area contributed by atoms with E-state index in [2.05, 4.69) is 35.1 Å². The Morgan fingerprint density at radius 2 is 1.89 bits per heavy atom. The van der Waals surface area contributed by atoms with Gasteiger partial charge >= 0.3 is 0 Å². The van der Waals surface area contributed by atoms with E-state index in [-0.39, 0.29) is 36.8 Å². The molecule has 1 aromatic heterocycles. The molecular formula is C19H33Cl2N5O. The maximum atomic E-state index is 12.6. The largest absolute Gasteiger partial charge is 0.356 e. The molecule has 1 amide bonds. The molecule has 3 rings (SSSR count). The Bertz CT molecular complexity index is 614. The third-order valence-electron chi connectivity index (χ3n) is 5.42. The van der Waals surface area contributed by atoms with E-state index >= 15 is 0 Å². The van der Waals surface area contributed by atoms with Crippen LogP contribution < -0.4 is 10.2 Å². The molecule has 8 heteroatoms. The van der Waals surface area contributed by atoms with Crippen molar-refractivity contribution in [3.05, 3.63) is 17.6 Å². The quantitative estimate of drug-likeness (QED) is 0.815. The summed E-state index contributed by atoms with van der Waals surface area (Å²) in [6, 6.07) is 2.43. The van der Waals surface area contributed by atoms with Crippen molar-refractivity contribution >= 4 is 36.5 Å². The lowest BCUT2D eigenvalue weighted by atomic mass is 10.0. The molecule has 1 N–H and O–H groups in total. The minimum atomic E-state index is 0. The van der Waals surface area contributed by atoms with Crippen molar-refractivity contribution in [2.45, 2.75) is 64.5 Å². The van der Waals surface area contributed by atoms with Crippen molar-refractivity contribution < 1.29 is 4.79 Å². The van der Waals surface area contributed by atoms with Gasteiger partial charge in [0.15, 0.2) is 0 Å². The van der Waals surface area contributed by atoms with E-state index in [1.165, 1.54) is 0 Å². The number of rotatable bonds is 4. The van der Waals surface area contributed by atoms with E-state index in [0.29, 0.717) is 12.0 Å². The standard InChI is InChI=1S/C19H31N5O.2ClH/c1-13(2)18-21-14(3)12-17(22-18)24-10-7-15(8-11-24)23(4)19(25)16-6-5-9-20-16;;/h12-13,15-16,20H,5-11H2,1-4H3;2*1H/t16-;;/m0../s1. The number of nitrogens with zero attached hydrogens (tertiary/aromatic N) is 4. The lowest BCUT2D eigenvalue weighted by Gasteiger charge is -2.38. The number of carbonyl (C=O) groups excluding carboxylic acids is 1. The summed E-state index contributed by atoms with van der Waals surface area (Å²) >= 11 is 0. The van der Waals surface area contributed by atoms with Crippen molar-refractivity contribution in [3.63, 3.8) is 0 Å². The molecule has 0 aliphatic carbocycles. The van der Waals surface area contributed by atoms with E-state index in [4.69, 9.17) is 4.98 Å². The number of likely N-dealkylation sites (N-methyl/N-ethyl adjacent to an activating group) is 1. The SMILES string of the molecule is Cc1cc(N2CCC(N(C)C(=O)[C@@H]3CCCN3)CC2)nc(C(C)C)n1.Cl.Cl. The van der Waals surface area contributed by atoms with Gasteiger partial charge in [0, 0.05) is 43.9 Å². The fourth-order valence-electron chi connectivity index (χ4n) is 3.80. The van der Waals surface area contributed by atoms with Gasteiger partial charge in [0.05, 0.1) is 6.04 Å². The minimum Gasteiger partial charge on any atom is -0.356 e. The van der Waals surface area contributed by atoms with E-state index in [9.17, 15) is 4.79 Å². The Morgan fingerprint density at radius 1 is 1.22 bits per heavy atom. The Hall–Kier alpha value is -1.11. The van der Waals surface area contributed by atoms with Crippen LogP contribution in [0.4, 0.5) is 5.82 Å². The van der Waals surface area contributed by atoms with E-state index < -0.39 is 0 Å². The third kappa shape index (κ3) is 5.69. The number of piperidine rings is 1. The first-order valence-electron chi connectivity index (χ1n) is 9.56. The summed E-state index contributed by atoms with van der Waals surface area (Å²) < 4.78 is 0. The number of anilines is 1. The first-order valence-corrected chi connectivity index (χ1v) is 9.56. The zero-order valence-electron chi connectivity index (χ0n) is 16.8. The number of hydrogen-bond donors (Lipinski definition) is 1. The number of aromatic nitrogens is 2. The van der Waals surface area contributed by atoms with Crippen LogP contribution in [-0.2, 0) is 4.79 Å². The van der Waals surface area contributed by atoms with Crippen molar-refractivity contribution in [1.82, 2.24) is 20.2 Å². The van der Waals surface area contributed by atoms with Crippen LogP contribution in [0.2, 0.25) is 0 Å². The molecule has 154 valence electrons. The van der Waals surface area contributed by atoms with Gasteiger partial charge in [0.2, 0.25) is 5.91 Å². The minimum absolute atomic E-state index is 0. The number of aryl methyl sites for hydroxylation is 1. The number of nitrogens with one attached hydrogen (secondary N) is 1. The summed E-state index contributed by atoms with van der Waals surface area (Å²) in [5, 5.41) is 3.32. The Morgan fingerprint density at radius 3 is 2.44 bits per heavy atom. The summed E-state index contributed by atoms with van der Waals surface area (Å²) in [7, 11) is 1.97. The number of hydrogen-bond acceptors (Lipinski definition) is 5. The lowest BCUT2D eigenvalue weighted by molar-refractivity contribution is -0.134. The highest BCUT2D eigenvalue weighted by molar-refractivity contribution is 5.85. The highest BCUT2D eigenvalue weighted by Crippen LogP contribution is 2.23. The maximum Gasteiger partial charge on any atom is 0.239 e. The lowest BCUT2D eigenvalue weighted by Crippen LogP contribution is -2.50. The smallest absolute Gasteiger partial charge is 0.239 e. The Balaban J connectivity index is 0.00000182. The van der Waals surface area contributed by atoms with Gasteiger partial charge in [0.25, 0.3) is 0 Å². The summed E-state index contributed by atoms with van der Waals surface area (Å²) in [6.45, 7) is 9.13. The Labute approximate surface area is 175 Å². The van der Waals surface area contributed by atoms with Crippen LogP contribution in [0.15, 0.2) is 6.07 Å². The molecule has 0 aromatic carbocycles. The van der Waals surface area contributed by atoms with Gasteiger partial charge in [-0.3, -0.25) is 4.79 Å². The highest BCUT2D eigenvalue weighted by atomic mass is 35.5. The molecule has 1 atom stereocenters. The predicted molar refractivity (Wildman–Crippen MR) is 114 cm³/mol. The fourth-order valence-corrected chi connectivity index (χ4v) is 3.80. The topological polar surface area (TPSA) is 61.4 Å².